The first kappa shape index (κ1) is 17.7. The van der Waals surface area contributed by atoms with Crippen molar-refractivity contribution >= 4 is 17.4 Å². The number of hydrogen-bond acceptors (Lipinski definition) is 5. The van der Waals surface area contributed by atoms with Crippen LogP contribution in [0.15, 0.2) is 35.2 Å². The minimum Gasteiger partial charge on any atom is -0.497 e. The molecule has 1 heterocycles. The lowest BCUT2D eigenvalue weighted by Crippen LogP contribution is -2.16. The summed E-state index contributed by atoms with van der Waals surface area (Å²) >= 11 is 1.63. The number of aliphatic hydroxyl groups is 1. The van der Waals surface area contributed by atoms with Gasteiger partial charge in [-0.25, -0.2) is 4.98 Å². The molecule has 0 spiro atoms. The van der Waals surface area contributed by atoms with E-state index in [9.17, 15) is 5.11 Å². The molecule has 124 valence electrons. The molecule has 0 radical (unpaired) electrons. The Morgan fingerprint density at radius 2 is 2.09 bits per heavy atom. The van der Waals surface area contributed by atoms with Crippen molar-refractivity contribution in [3.63, 3.8) is 0 Å². The summed E-state index contributed by atoms with van der Waals surface area (Å²) in [4.78, 5) is 4.44. The van der Waals surface area contributed by atoms with E-state index in [1.54, 1.807) is 18.4 Å². The van der Waals surface area contributed by atoms with E-state index in [1.165, 1.54) is 0 Å². The van der Waals surface area contributed by atoms with Gasteiger partial charge in [0.25, 0.3) is 0 Å². The summed E-state index contributed by atoms with van der Waals surface area (Å²) in [6.07, 6.45) is 2.48. The van der Waals surface area contributed by atoms with Gasteiger partial charge in [-0.1, -0.05) is 12.1 Å². The van der Waals surface area contributed by atoms with E-state index < -0.39 is 0 Å². The highest BCUT2D eigenvalue weighted by molar-refractivity contribution is 7.09. The molecule has 0 amide bonds. The molecule has 0 saturated heterocycles. The molecule has 0 aliphatic carbocycles. The number of nitrogens with zero attached hydrogens (tertiary/aromatic N) is 1. The first-order valence-corrected chi connectivity index (χ1v) is 8.46. The molecular formula is C18H23NO3S. The average molecular weight is 333 g/mol. The topological polar surface area (TPSA) is 51.6 Å². The molecule has 1 aromatic heterocycles. The molecular weight excluding hydrogens is 310 g/mol. The van der Waals surface area contributed by atoms with Gasteiger partial charge in [-0.2, -0.15) is 0 Å². The molecule has 1 N–H and O–H groups in total. The summed E-state index contributed by atoms with van der Waals surface area (Å²) in [5, 5.41) is 12.4. The van der Waals surface area contributed by atoms with Gasteiger partial charge >= 0.3 is 0 Å². The van der Waals surface area contributed by atoms with E-state index in [1.807, 2.05) is 49.6 Å². The van der Waals surface area contributed by atoms with Gasteiger partial charge in [0, 0.05) is 18.4 Å². The van der Waals surface area contributed by atoms with Crippen molar-refractivity contribution in [2.24, 2.45) is 0 Å². The number of ether oxygens (including phenoxy) is 2. The van der Waals surface area contributed by atoms with Gasteiger partial charge < -0.3 is 14.6 Å². The van der Waals surface area contributed by atoms with Crippen LogP contribution in [-0.2, 0) is 11.3 Å². The van der Waals surface area contributed by atoms with Crippen LogP contribution in [0.25, 0.3) is 6.08 Å². The molecule has 0 fully saturated rings. The van der Waals surface area contributed by atoms with E-state index in [-0.39, 0.29) is 12.7 Å². The summed E-state index contributed by atoms with van der Waals surface area (Å²) < 4.78 is 11.1. The largest absolute Gasteiger partial charge is 0.497 e. The zero-order valence-electron chi connectivity index (χ0n) is 13.8. The van der Waals surface area contributed by atoms with E-state index in [2.05, 4.69) is 4.98 Å². The molecule has 2 rings (SSSR count). The normalized spacial score (nSPS) is 13.1. The predicted octanol–water partition coefficient (Wildman–Crippen LogP) is 3.83. The summed E-state index contributed by atoms with van der Waals surface area (Å²) in [5.74, 6) is 0.829. The Morgan fingerprint density at radius 1 is 1.35 bits per heavy atom. The van der Waals surface area contributed by atoms with Gasteiger partial charge in [-0.15, -0.1) is 11.3 Å². The third-order valence-corrected chi connectivity index (χ3v) is 4.31. The standard InChI is InChI=1S/C18H23NO3S/c1-13(10-16-12-23-14(2)19-16)18(8-9-20)22-11-15-4-6-17(21-3)7-5-15/h4-7,10,12,18,20H,8-9,11H2,1-3H3/t18-/m0/s1. The zero-order valence-corrected chi connectivity index (χ0v) is 14.6. The maximum Gasteiger partial charge on any atom is 0.118 e. The number of aryl methyl sites for hydroxylation is 1. The predicted molar refractivity (Wildman–Crippen MR) is 93.8 cm³/mol. The van der Waals surface area contributed by atoms with E-state index >= 15 is 0 Å². The van der Waals surface area contributed by atoms with Gasteiger partial charge in [-0.05, 0) is 43.2 Å². The maximum absolute atomic E-state index is 9.28. The van der Waals surface area contributed by atoms with Crippen LogP contribution in [0.5, 0.6) is 5.75 Å². The Hall–Kier alpha value is -1.69. The summed E-state index contributed by atoms with van der Waals surface area (Å²) in [6.45, 7) is 4.59. The maximum atomic E-state index is 9.28. The second-order valence-corrected chi connectivity index (χ2v) is 6.40. The van der Waals surface area contributed by atoms with Gasteiger partial charge in [0.1, 0.15) is 5.75 Å². The van der Waals surface area contributed by atoms with E-state index in [0.717, 1.165) is 27.6 Å². The monoisotopic (exact) mass is 333 g/mol. The number of aromatic nitrogens is 1. The average Bonchev–Trinajstić information content (AvgIpc) is 2.96. The van der Waals surface area contributed by atoms with Crippen molar-refractivity contribution in [3.8, 4) is 5.75 Å². The highest BCUT2D eigenvalue weighted by Gasteiger charge is 2.12. The number of thiazole rings is 1. The van der Waals surface area contributed by atoms with Crippen molar-refractivity contribution in [1.29, 1.82) is 0 Å². The first-order chi connectivity index (χ1) is 11.1. The van der Waals surface area contributed by atoms with Crippen LogP contribution < -0.4 is 4.74 Å². The third-order valence-electron chi connectivity index (χ3n) is 3.52. The van der Waals surface area contributed by atoms with Crippen molar-refractivity contribution < 1.29 is 14.6 Å². The number of methoxy groups -OCH3 is 1. The van der Waals surface area contributed by atoms with E-state index in [0.29, 0.717) is 13.0 Å². The minimum absolute atomic E-state index is 0.0918. The van der Waals surface area contributed by atoms with Crippen LogP contribution in [0.2, 0.25) is 0 Å². The highest BCUT2D eigenvalue weighted by atomic mass is 32.1. The molecule has 1 atom stereocenters. The number of hydrogen-bond donors (Lipinski definition) is 1. The molecule has 0 aliphatic rings. The zero-order chi connectivity index (χ0) is 16.7. The highest BCUT2D eigenvalue weighted by Crippen LogP contribution is 2.19. The number of aliphatic hydroxyl groups excluding tert-OH is 1. The lowest BCUT2D eigenvalue weighted by Gasteiger charge is -2.18. The Bertz CT molecular complexity index is 634. The lowest BCUT2D eigenvalue weighted by molar-refractivity contribution is 0.0477. The van der Waals surface area contributed by atoms with Gasteiger partial charge in [-0.3, -0.25) is 0 Å². The molecule has 0 saturated carbocycles. The van der Waals surface area contributed by atoms with Crippen molar-refractivity contribution in [3.05, 3.63) is 51.5 Å². The first-order valence-electron chi connectivity index (χ1n) is 7.58. The van der Waals surface area contributed by atoms with Crippen LogP contribution in [-0.4, -0.2) is 29.9 Å². The smallest absolute Gasteiger partial charge is 0.118 e. The van der Waals surface area contributed by atoms with Gasteiger partial charge in [0.2, 0.25) is 0 Å². The molecule has 1 aromatic carbocycles. The molecule has 23 heavy (non-hydrogen) atoms. The Kier molecular flexibility index (Phi) is 6.77. The molecule has 0 unspecified atom stereocenters. The molecule has 5 heteroatoms. The van der Waals surface area contributed by atoms with Crippen LogP contribution in [0.4, 0.5) is 0 Å². The van der Waals surface area contributed by atoms with Crippen molar-refractivity contribution in [1.82, 2.24) is 4.98 Å². The van der Waals surface area contributed by atoms with Crippen LogP contribution in [0.1, 0.15) is 29.6 Å². The fourth-order valence-electron chi connectivity index (χ4n) is 2.25. The van der Waals surface area contributed by atoms with Crippen LogP contribution in [0.3, 0.4) is 0 Å². The summed E-state index contributed by atoms with van der Waals surface area (Å²) in [7, 11) is 1.65. The number of rotatable bonds is 8. The molecule has 4 nitrogen and oxygen atoms in total. The SMILES string of the molecule is COc1ccc(CO[C@@H](CCO)C(C)=Cc2csc(C)n2)cc1. The second kappa shape index (κ2) is 8.82. The van der Waals surface area contributed by atoms with E-state index in [4.69, 9.17) is 9.47 Å². The fourth-order valence-corrected chi connectivity index (χ4v) is 2.82. The Morgan fingerprint density at radius 3 is 2.65 bits per heavy atom. The van der Waals surface area contributed by atoms with Crippen molar-refractivity contribution in [2.45, 2.75) is 33.0 Å². The minimum atomic E-state index is -0.121. The third kappa shape index (κ3) is 5.46. The van der Waals surface area contributed by atoms with Crippen LogP contribution >= 0.6 is 11.3 Å². The summed E-state index contributed by atoms with van der Waals surface area (Å²) in [6, 6.07) is 7.80. The fraction of sp³-hybridized carbons (Fsp3) is 0.389. The molecule has 2 aromatic rings. The summed E-state index contributed by atoms with van der Waals surface area (Å²) in [5.41, 5.74) is 3.09. The Balaban J connectivity index is 2.00. The molecule has 0 aliphatic heterocycles. The molecule has 0 bridgehead atoms. The van der Waals surface area contributed by atoms with Gasteiger partial charge in [0.05, 0.1) is 30.5 Å². The van der Waals surface area contributed by atoms with Crippen LogP contribution in [0, 0.1) is 6.92 Å². The Labute approximate surface area is 141 Å². The van der Waals surface area contributed by atoms with Gasteiger partial charge in [0.15, 0.2) is 0 Å². The van der Waals surface area contributed by atoms with Crippen molar-refractivity contribution in [2.75, 3.05) is 13.7 Å². The lowest BCUT2D eigenvalue weighted by atomic mass is 10.1. The number of benzene rings is 1. The second-order valence-electron chi connectivity index (χ2n) is 5.34. The quantitative estimate of drug-likeness (QED) is 0.797.